The summed E-state index contributed by atoms with van der Waals surface area (Å²) in [5, 5.41) is 24.5. The van der Waals surface area contributed by atoms with Gasteiger partial charge in [-0.3, -0.25) is 4.79 Å². The minimum Gasteiger partial charge on any atom is -0.508 e. The van der Waals surface area contributed by atoms with Gasteiger partial charge >= 0.3 is 0 Å². The Kier molecular flexibility index (Phi) is 4.71. The van der Waals surface area contributed by atoms with Crippen LogP contribution in [-0.4, -0.2) is 21.1 Å². The second kappa shape index (κ2) is 7.27. The van der Waals surface area contributed by atoms with Crippen LogP contribution in [0.1, 0.15) is 5.69 Å². The first-order valence-electron chi connectivity index (χ1n) is 7.60. The number of benzene rings is 2. The monoisotopic (exact) mass is 332 g/mol. The molecule has 0 aliphatic carbocycles. The summed E-state index contributed by atoms with van der Waals surface area (Å²) in [5.41, 5.74) is 1.73. The van der Waals surface area contributed by atoms with Crippen LogP contribution in [0, 0.1) is 5.41 Å². The molecule has 0 atom stereocenters. The summed E-state index contributed by atoms with van der Waals surface area (Å²) >= 11 is 0. The molecule has 0 aliphatic heterocycles. The van der Waals surface area contributed by atoms with Gasteiger partial charge in [0.2, 0.25) is 5.43 Å². The van der Waals surface area contributed by atoms with Crippen LogP contribution >= 0.6 is 0 Å². The van der Waals surface area contributed by atoms with Crippen LogP contribution in [0.5, 0.6) is 5.75 Å². The Morgan fingerprint density at radius 2 is 1.92 bits per heavy atom. The Bertz CT molecular complexity index is 978. The largest absolute Gasteiger partial charge is 0.508 e. The topological polar surface area (TPSA) is 91.0 Å². The van der Waals surface area contributed by atoms with Gasteiger partial charge in [0.1, 0.15) is 5.75 Å². The Morgan fingerprint density at radius 1 is 1.12 bits per heavy atom. The van der Waals surface area contributed by atoms with E-state index in [0.29, 0.717) is 11.4 Å². The fourth-order valence-corrected chi connectivity index (χ4v) is 2.31. The van der Waals surface area contributed by atoms with Gasteiger partial charge in [-0.05, 0) is 30.3 Å². The lowest BCUT2D eigenvalue weighted by Gasteiger charge is -2.12. The SMILES string of the molecule is N=C/C=C(\Nc1ccccc1)c1nn(-c2cccc(O)c2)ccc1=O. The van der Waals surface area contributed by atoms with Gasteiger partial charge in [-0.25, -0.2) is 4.68 Å². The highest BCUT2D eigenvalue weighted by molar-refractivity contribution is 5.86. The van der Waals surface area contributed by atoms with Crippen LogP contribution in [0.15, 0.2) is 77.7 Å². The van der Waals surface area contributed by atoms with Crippen molar-refractivity contribution in [1.82, 2.24) is 9.78 Å². The third-order valence-corrected chi connectivity index (χ3v) is 3.46. The molecule has 0 saturated heterocycles. The normalized spacial score (nSPS) is 11.1. The first-order valence-corrected chi connectivity index (χ1v) is 7.60. The molecule has 6 nitrogen and oxygen atoms in total. The van der Waals surface area contributed by atoms with Crippen molar-refractivity contribution < 1.29 is 5.11 Å². The molecule has 0 spiro atoms. The summed E-state index contributed by atoms with van der Waals surface area (Å²) in [7, 11) is 0. The molecule has 3 N–H and O–H groups in total. The van der Waals surface area contributed by atoms with E-state index in [0.717, 1.165) is 11.9 Å². The molecule has 6 heteroatoms. The van der Waals surface area contributed by atoms with E-state index in [1.54, 1.807) is 24.3 Å². The molecule has 0 bridgehead atoms. The number of hydrogen-bond acceptors (Lipinski definition) is 5. The third kappa shape index (κ3) is 3.81. The maximum Gasteiger partial charge on any atom is 0.209 e. The van der Waals surface area contributed by atoms with Crippen LogP contribution in [0.3, 0.4) is 0 Å². The maximum atomic E-state index is 12.3. The van der Waals surface area contributed by atoms with Crippen molar-refractivity contribution in [3.63, 3.8) is 0 Å². The van der Waals surface area contributed by atoms with Gasteiger partial charge in [0.15, 0.2) is 5.69 Å². The lowest BCUT2D eigenvalue weighted by molar-refractivity contribution is 0.474. The fourth-order valence-electron chi connectivity index (χ4n) is 2.31. The molecular formula is C19H16N4O2. The first kappa shape index (κ1) is 16.2. The highest BCUT2D eigenvalue weighted by Gasteiger charge is 2.10. The molecule has 2 aromatic carbocycles. The highest BCUT2D eigenvalue weighted by Crippen LogP contribution is 2.17. The van der Waals surface area contributed by atoms with Crippen molar-refractivity contribution in [2.24, 2.45) is 0 Å². The van der Waals surface area contributed by atoms with Crippen molar-refractivity contribution in [2.45, 2.75) is 0 Å². The van der Waals surface area contributed by atoms with Crippen LogP contribution in [0.4, 0.5) is 5.69 Å². The Hall–Kier alpha value is -3.67. The number of rotatable bonds is 5. The number of hydrogen-bond donors (Lipinski definition) is 3. The van der Waals surface area contributed by atoms with Crippen LogP contribution in [-0.2, 0) is 0 Å². The second-order valence-corrected chi connectivity index (χ2v) is 5.23. The molecular weight excluding hydrogens is 316 g/mol. The molecule has 3 aromatic rings. The predicted octanol–water partition coefficient (Wildman–Crippen LogP) is 3.04. The molecule has 1 heterocycles. The maximum absolute atomic E-state index is 12.3. The van der Waals surface area contributed by atoms with Gasteiger partial charge in [-0.15, -0.1) is 0 Å². The second-order valence-electron chi connectivity index (χ2n) is 5.23. The van der Waals surface area contributed by atoms with Crippen molar-refractivity contribution >= 4 is 17.6 Å². The standard InChI is InChI=1S/C19H16N4O2/c20-11-9-17(21-14-5-2-1-3-6-14)19-18(25)10-12-23(22-19)15-7-4-8-16(24)13-15/h1-13,20-21,24H/b17-9-,20-11?. The lowest BCUT2D eigenvalue weighted by atomic mass is 10.2. The fraction of sp³-hybridized carbons (Fsp3) is 0. The number of phenolic OH excluding ortho intramolecular Hbond substituents is 1. The number of aromatic nitrogens is 2. The molecule has 0 fully saturated rings. The van der Waals surface area contributed by atoms with Gasteiger partial charge < -0.3 is 15.8 Å². The number of nitrogens with one attached hydrogen (secondary N) is 2. The van der Waals surface area contributed by atoms with E-state index < -0.39 is 0 Å². The summed E-state index contributed by atoms with van der Waals surface area (Å²) in [5.74, 6) is 0.109. The van der Waals surface area contributed by atoms with Gasteiger partial charge in [0.05, 0.1) is 11.4 Å². The predicted molar refractivity (Wildman–Crippen MR) is 98.3 cm³/mol. The van der Waals surface area contributed by atoms with Crippen molar-refractivity contribution in [2.75, 3.05) is 5.32 Å². The Morgan fingerprint density at radius 3 is 2.64 bits per heavy atom. The molecule has 25 heavy (non-hydrogen) atoms. The minimum absolute atomic E-state index is 0.109. The van der Waals surface area contributed by atoms with Gasteiger partial charge in [-0.1, -0.05) is 24.3 Å². The average Bonchev–Trinajstić information content (AvgIpc) is 2.63. The van der Waals surface area contributed by atoms with Crippen molar-refractivity contribution in [3.8, 4) is 11.4 Å². The van der Waals surface area contributed by atoms with Crippen LogP contribution < -0.4 is 10.7 Å². The quantitative estimate of drug-likeness (QED) is 0.626. The molecule has 1 aromatic heterocycles. The van der Waals surface area contributed by atoms with Gasteiger partial charge in [-0.2, -0.15) is 5.10 Å². The van der Waals surface area contributed by atoms with E-state index in [-0.39, 0.29) is 16.9 Å². The summed E-state index contributed by atoms with van der Waals surface area (Å²) in [6.07, 6.45) is 4.10. The molecule has 3 rings (SSSR count). The first-order chi connectivity index (χ1) is 12.2. The zero-order valence-electron chi connectivity index (χ0n) is 13.3. The summed E-state index contributed by atoms with van der Waals surface area (Å²) < 4.78 is 1.50. The van der Waals surface area contributed by atoms with Crippen LogP contribution in [0.25, 0.3) is 11.4 Å². The summed E-state index contributed by atoms with van der Waals surface area (Å²) in [6, 6.07) is 17.3. The van der Waals surface area contributed by atoms with Gasteiger partial charge in [0.25, 0.3) is 0 Å². The number of phenols is 1. The number of anilines is 1. The zero-order valence-corrected chi connectivity index (χ0v) is 13.3. The highest BCUT2D eigenvalue weighted by atomic mass is 16.3. The molecule has 0 saturated carbocycles. The smallest absolute Gasteiger partial charge is 0.209 e. The molecule has 0 unspecified atom stereocenters. The Balaban J connectivity index is 2.04. The lowest BCUT2D eigenvalue weighted by Crippen LogP contribution is -2.18. The van der Waals surface area contributed by atoms with E-state index in [1.165, 1.54) is 23.0 Å². The van der Waals surface area contributed by atoms with Crippen molar-refractivity contribution in [3.05, 3.63) is 88.9 Å². The molecule has 0 radical (unpaired) electrons. The van der Waals surface area contributed by atoms with E-state index in [1.807, 2.05) is 30.3 Å². The number of allylic oxidation sites excluding steroid dienone is 1. The molecule has 124 valence electrons. The van der Waals surface area contributed by atoms with E-state index in [4.69, 9.17) is 5.41 Å². The average molecular weight is 332 g/mol. The molecule has 0 amide bonds. The van der Waals surface area contributed by atoms with E-state index in [9.17, 15) is 9.90 Å². The van der Waals surface area contributed by atoms with Crippen molar-refractivity contribution in [1.29, 1.82) is 5.41 Å². The number of nitrogens with zero attached hydrogens (tertiary/aromatic N) is 2. The van der Waals surface area contributed by atoms with Gasteiger partial charge in [0, 0.05) is 30.2 Å². The third-order valence-electron chi connectivity index (χ3n) is 3.46. The Labute approximate surface area is 144 Å². The van der Waals surface area contributed by atoms with E-state index in [2.05, 4.69) is 10.4 Å². The minimum atomic E-state index is -0.270. The summed E-state index contributed by atoms with van der Waals surface area (Å²) in [4.78, 5) is 12.3. The number of aromatic hydroxyl groups is 1. The number of para-hydroxylation sites is 1. The molecule has 0 aliphatic rings. The van der Waals surface area contributed by atoms with Crippen LogP contribution in [0.2, 0.25) is 0 Å². The zero-order chi connectivity index (χ0) is 17.6. The van der Waals surface area contributed by atoms with E-state index >= 15 is 0 Å². The summed E-state index contributed by atoms with van der Waals surface area (Å²) in [6.45, 7) is 0.